The molecule has 1 amide bonds. The Morgan fingerprint density at radius 3 is 2.36 bits per heavy atom. The number of hydrogen-bond acceptors (Lipinski definition) is 4. The zero-order valence-corrected chi connectivity index (χ0v) is 10.1. The van der Waals surface area contributed by atoms with Gasteiger partial charge in [0.25, 0.3) is 0 Å². The van der Waals surface area contributed by atoms with Crippen molar-refractivity contribution in [1.82, 2.24) is 5.32 Å². The molecule has 0 rings (SSSR count). The van der Waals surface area contributed by atoms with Gasteiger partial charge in [-0.25, -0.2) is 9.00 Å². The number of rotatable bonds is 5. The highest BCUT2D eigenvalue weighted by Gasteiger charge is 2.21. The van der Waals surface area contributed by atoms with Crippen molar-refractivity contribution in [1.29, 1.82) is 0 Å². The van der Waals surface area contributed by atoms with E-state index in [1.165, 1.54) is 6.92 Å². The van der Waals surface area contributed by atoms with Gasteiger partial charge in [0, 0.05) is 6.92 Å². The van der Waals surface area contributed by atoms with Crippen LogP contribution in [0.2, 0.25) is 0 Å². The van der Waals surface area contributed by atoms with Crippen LogP contribution < -0.4 is 5.32 Å². The van der Waals surface area contributed by atoms with Crippen LogP contribution in [-0.4, -0.2) is 39.2 Å². The highest BCUT2D eigenvalue weighted by atomic mass is 33.3. The minimum absolute atomic E-state index is 0.141. The van der Waals surface area contributed by atoms with Crippen molar-refractivity contribution < 1.29 is 18.9 Å². The summed E-state index contributed by atoms with van der Waals surface area (Å²) in [6.07, 6.45) is 1.58. The number of carboxylic acid groups (broad SMARTS) is 1. The Balaban J connectivity index is 4.38. The molecule has 0 spiro atoms. The number of carbonyl (C=O) groups excluding carboxylic acids is 1. The van der Waals surface area contributed by atoms with Gasteiger partial charge in [-0.15, -0.1) is 0 Å². The van der Waals surface area contributed by atoms with E-state index in [-0.39, 0.29) is 5.75 Å². The Morgan fingerprint density at radius 1 is 1.57 bits per heavy atom. The molecule has 5 nitrogen and oxygen atoms in total. The van der Waals surface area contributed by atoms with Gasteiger partial charge in [0.15, 0.2) is 0 Å². The molecule has 14 heavy (non-hydrogen) atoms. The largest absolute Gasteiger partial charge is 0.480 e. The summed E-state index contributed by atoms with van der Waals surface area (Å²) in [5, 5.41) is 10.9. The fourth-order valence-corrected chi connectivity index (χ4v) is 2.82. The van der Waals surface area contributed by atoms with Crippen molar-refractivity contribution in [3.8, 4) is 0 Å². The van der Waals surface area contributed by atoms with Crippen LogP contribution in [-0.2, 0) is 39.1 Å². The minimum atomic E-state index is -1.39. The summed E-state index contributed by atoms with van der Waals surface area (Å²) in [5.41, 5.74) is 0. The summed E-state index contributed by atoms with van der Waals surface area (Å²) in [5.74, 6) is -1.80. The first-order valence-corrected chi connectivity index (χ1v) is 7.96. The second kappa shape index (κ2) is 6.20. The van der Waals surface area contributed by atoms with Gasteiger partial charge in [-0.2, -0.15) is 0 Å². The highest BCUT2D eigenvalue weighted by Crippen LogP contribution is 1.94. The van der Waals surface area contributed by atoms with Gasteiger partial charge in [-0.1, -0.05) is 0 Å². The van der Waals surface area contributed by atoms with E-state index >= 15 is 0 Å². The van der Waals surface area contributed by atoms with Crippen LogP contribution in [0.3, 0.4) is 0 Å². The van der Waals surface area contributed by atoms with Gasteiger partial charge in [0.2, 0.25) is 5.91 Å². The lowest BCUT2D eigenvalue weighted by molar-refractivity contribution is -0.140. The highest BCUT2D eigenvalue weighted by molar-refractivity contribution is 8.76. The van der Waals surface area contributed by atoms with E-state index in [0.29, 0.717) is 0 Å². The van der Waals surface area contributed by atoms with Gasteiger partial charge in [0.1, 0.15) is 6.04 Å². The molecule has 3 atom stereocenters. The van der Waals surface area contributed by atoms with E-state index in [1.54, 1.807) is 6.26 Å². The standard InChI is InChI=1S/C6H11NO4S3/c1-4(8)7-5(6(9)10)3-14(11)13(2)12/h5H,3H2,1-2H3,(H,7,8)(H,9,10)/t5-,13?,14?/m0/s1. The quantitative estimate of drug-likeness (QED) is 0.614. The van der Waals surface area contributed by atoms with Gasteiger partial charge < -0.3 is 10.4 Å². The summed E-state index contributed by atoms with van der Waals surface area (Å²) in [6, 6.07) is -1.12. The maximum Gasteiger partial charge on any atom is 0.327 e. The number of carboxylic acids is 1. The van der Waals surface area contributed by atoms with Gasteiger partial charge in [-0.3, -0.25) is 4.79 Å². The maximum atomic E-state index is 11.2. The predicted octanol–water partition coefficient (Wildman–Crippen LogP) is -1.05. The molecule has 0 aromatic carbocycles. The Bertz CT molecular complexity index is 291. The van der Waals surface area contributed by atoms with Crippen molar-refractivity contribution in [2.75, 3.05) is 12.0 Å². The number of carbonyl (C=O) groups is 2. The molecule has 0 aromatic rings. The average Bonchev–Trinajstić information content (AvgIpc) is 2.01. The fraction of sp³-hybridized carbons (Fsp3) is 0.667. The summed E-state index contributed by atoms with van der Waals surface area (Å²) >= 11 is 4.74. The van der Waals surface area contributed by atoms with E-state index in [2.05, 4.69) is 5.32 Å². The molecule has 0 aromatic heterocycles. The normalized spacial score (nSPS) is 16.7. The second-order valence-corrected chi connectivity index (χ2v) is 8.96. The first kappa shape index (κ1) is 13.7. The number of aliphatic carboxylic acids is 1. The predicted molar refractivity (Wildman–Crippen MR) is 58.9 cm³/mol. The van der Waals surface area contributed by atoms with Crippen LogP contribution in [0.4, 0.5) is 0 Å². The fourth-order valence-electron chi connectivity index (χ4n) is 0.652. The number of hydrogen-bond donors (Lipinski definition) is 2. The molecule has 82 valence electrons. The Kier molecular flexibility index (Phi) is 6.05. The lowest BCUT2D eigenvalue weighted by Gasteiger charge is -2.11. The first-order valence-electron chi connectivity index (χ1n) is 3.56. The Hall–Kier alpha value is -0.340. The third-order valence-corrected chi connectivity index (χ3v) is 5.71. The molecule has 2 N–H and O–H groups in total. The first-order chi connectivity index (χ1) is 6.34. The van der Waals surface area contributed by atoms with Crippen LogP contribution in [0.25, 0.3) is 0 Å². The second-order valence-electron chi connectivity index (χ2n) is 2.46. The Labute approximate surface area is 90.7 Å². The van der Waals surface area contributed by atoms with E-state index in [1.807, 2.05) is 0 Å². The monoisotopic (exact) mass is 257 g/mol. The van der Waals surface area contributed by atoms with Crippen LogP contribution in [0, 0.1) is 0 Å². The molecule has 0 fully saturated rings. The molecule has 2 unspecified atom stereocenters. The SMILES string of the molecule is CC(=O)N[C@@H](CS(=O)S(C)=S)C(=O)O. The summed E-state index contributed by atoms with van der Waals surface area (Å²) in [4.78, 5) is 21.2. The molecular weight excluding hydrogens is 246 g/mol. The topological polar surface area (TPSA) is 83.5 Å². The zero-order valence-electron chi connectivity index (χ0n) is 7.68. The summed E-state index contributed by atoms with van der Waals surface area (Å²) in [7, 11) is -2.16. The van der Waals surface area contributed by atoms with Gasteiger partial charge >= 0.3 is 5.97 Å². The van der Waals surface area contributed by atoms with E-state index < -0.39 is 36.2 Å². The lowest BCUT2D eigenvalue weighted by Crippen LogP contribution is -2.43. The Morgan fingerprint density at radius 2 is 2.07 bits per heavy atom. The third-order valence-electron chi connectivity index (χ3n) is 1.24. The minimum Gasteiger partial charge on any atom is -0.480 e. The zero-order chi connectivity index (χ0) is 11.3. The smallest absolute Gasteiger partial charge is 0.327 e. The molecule has 8 heteroatoms. The van der Waals surface area contributed by atoms with Crippen LogP contribution in [0.5, 0.6) is 0 Å². The van der Waals surface area contributed by atoms with Crippen molar-refractivity contribution in [3.05, 3.63) is 0 Å². The molecule has 0 bridgehead atoms. The van der Waals surface area contributed by atoms with Gasteiger partial charge in [-0.05, 0) is 25.9 Å². The van der Waals surface area contributed by atoms with Crippen molar-refractivity contribution in [3.63, 3.8) is 0 Å². The average molecular weight is 257 g/mol. The number of amides is 1. The molecule has 0 saturated heterocycles. The molecule has 0 aliphatic rings. The number of nitrogens with one attached hydrogen (secondary N) is 1. The molecule has 0 aliphatic carbocycles. The summed E-state index contributed by atoms with van der Waals surface area (Å²) < 4.78 is 11.2. The summed E-state index contributed by atoms with van der Waals surface area (Å²) in [6.45, 7) is 1.21. The van der Waals surface area contributed by atoms with E-state index in [4.69, 9.17) is 16.3 Å². The maximum absolute atomic E-state index is 11.2. The lowest BCUT2D eigenvalue weighted by atomic mass is 10.3. The molecule has 0 heterocycles. The van der Waals surface area contributed by atoms with E-state index in [9.17, 15) is 13.8 Å². The molecule has 0 radical (unpaired) electrons. The van der Waals surface area contributed by atoms with Crippen LogP contribution in [0.15, 0.2) is 0 Å². The third kappa shape index (κ3) is 5.40. The van der Waals surface area contributed by atoms with E-state index in [0.717, 1.165) is 0 Å². The molecular formula is C6H11NO4S3. The van der Waals surface area contributed by atoms with Crippen LogP contribution in [0.1, 0.15) is 6.92 Å². The van der Waals surface area contributed by atoms with Crippen LogP contribution >= 0.6 is 0 Å². The molecule has 0 aliphatic heterocycles. The van der Waals surface area contributed by atoms with Crippen molar-refractivity contribution in [2.45, 2.75) is 13.0 Å². The molecule has 0 saturated carbocycles. The van der Waals surface area contributed by atoms with Crippen molar-refractivity contribution >= 4 is 41.4 Å². The van der Waals surface area contributed by atoms with Gasteiger partial charge in [0.05, 0.1) is 15.6 Å². The van der Waals surface area contributed by atoms with Crippen molar-refractivity contribution in [2.24, 2.45) is 0 Å².